The van der Waals surface area contributed by atoms with Crippen LogP contribution < -0.4 is 10.6 Å². The molecular formula is C9H18N2O5S. The number of rotatable bonds is 6. The van der Waals surface area contributed by atoms with E-state index in [1.807, 2.05) is 0 Å². The highest BCUT2D eigenvalue weighted by atomic mass is 32.2. The van der Waals surface area contributed by atoms with Crippen molar-refractivity contribution in [2.24, 2.45) is 0 Å². The van der Waals surface area contributed by atoms with Gasteiger partial charge in [-0.05, 0) is 13.8 Å². The predicted molar refractivity (Wildman–Crippen MR) is 62.6 cm³/mol. The lowest BCUT2D eigenvalue weighted by Crippen LogP contribution is -2.47. The van der Waals surface area contributed by atoms with Crippen LogP contribution in [-0.4, -0.2) is 49.6 Å². The van der Waals surface area contributed by atoms with E-state index in [9.17, 15) is 18.0 Å². The van der Waals surface area contributed by atoms with Gasteiger partial charge in [0.15, 0.2) is 9.84 Å². The van der Waals surface area contributed by atoms with Gasteiger partial charge >= 0.3 is 12.0 Å². The van der Waals surface area contributed by atoms with Gasteiger partial charge in [-0.15, -0.1) is 0 Å². The summed E-state index contributed by atoms with van der Waals surface area (Å²) in [5.41, 5.74) is 0. The van der Waals surface area contributed by atoms with Gasteiger partial charge in [-0.2, -0.15) is 0 Å². The van der Waals surface area contributed by atoms with Crippen molar-refractivity contribution in [1.29, 1.82) is 0 Å². The monoisotopic (exact) mass is 266 g/mol. The molecule has 0 rings (SSSR count). The summed E-state index contributed by atoms with van der Waals surface area (Å²) in [5, 5.41) is 13.0. The summed E-state index contributed by atoms with van der Waals surface area (Å²) in [6.45, 7) is 2.96. The number of carboxylic acids is 1. The van der Waals surface area contributed by atoms with Crippen LogP contribution in [0.5, 0.6) is 0 Å². The fourth-order valence-corrected chi connectivity index (χ4v) is 1.10. The van der Waals surface area contributed by atoms with E-state index in [0.29, 0.717) is 0 Å². The van der Waals surface area contributed by atoms with E-state index in [2.05, 4.69) is 10.6 Å². The van der Waals surface area contributed by atoms with E-state index in [-0.39, 0.29) is 19.5 Å². The lowest BCUT2D eigenvalue weighted by molar-refractivity contribution is -0.136. The Morgan fingerprint density at radius 3 is 2.18 bits per heavy atom. The summed E-state index contributed by atoms with van der Waals surface area (Å²) >= 11 is 0. The third kappa shape index (κ3) is 6.10. The van der Waals surface area contributed by atoms with Crippen molar-refractivity contribution < 1.29 is 23.1 Å². The number of urea groups is 1. The lowest BCUT2D eigenvalue weighted by atomic mass is 10.2. The fraction of sp³-hybridized carbons (Fsp3) is 0.778. The van der Waals surface area contributed by atoms with Crippen molar-refractivity contribution in [1.82, 2.24) is 10.6 Å². The van der Waals surface area contributed by atoms with Crippen LogP contribution in [0.2, 0.25) is 0 Å². The molecule has 0 atom stereocenters. The summed E-state index contributed by atoms with van der Waals surface area (Å²) in [5.74, 6) is -1.01. The summed E-state index contributed by atoms with van der Waals surface area (Å²) < 4.78 is 21.6. The van der Waals surface area contributed by atoms with Gasteiger partial charge in [-0.3, -0.25) is 4.79 Å². The van der Waals surface area contributed by atoms with Crippen molar-refractivity contribution in [2.75, 3.05) is 19.3 Å². The number of sulfone groups is 1. The van der Waals surface area contributed by atoms with Crippen molar-refractivity contribution in [3.63, 3.8) is 0 Å². The number of hydrogen-bond donors (Lipinski definition) is 3. The van der Waals surface area contributed by atoms with Crippen molar-refractivity contribution >= 4 is 21.8 Å². The zero-order valence-corrected chi connectivity index (χ0v) is 10.9. The maximum atomic E-state index is 11.3. The molecule has 0 aliphatic carbocycles. The second kappa shape index (κ2) is 5.85. The minimum absolute atomic E-state index is 0.000467. The zero-order chi connectivity index (χ0) is 13.7. The maximum absolute atomic E-state index is 11.3. The summed E-state index contributed by atoms with van der Waals surface area (Å²) in [6.07, 6.45) is 0.917. The van der Waals surface area contributed by atoms with E-state index in [4.69, 9.17) is 5.11 Å². The summed E-state index contributed by atoms with van der Waals surface area (Å²) in [6, 6.07) is -0.581. The number of aliphatic carboxylic acids is 1. The van der Waals surface area contributed by atoms with Gasteiger partial charge in [0, 0.05) is 19.3 Å². The zero-order valence-electron chi connectivity index (χ0n) is 10.1. The molecule has 8 heteroatoms. The van der Waals surface area contributed by atoms with Crippen LogP contribution in [0.3, 0.4) is 0 Å². The Morgan fingerprint density at radius 2 is 1.76 bits per heavy atom. The molecular weight excluding hydrogens is 248 g/mol. The average molecular weight is 266 g/mol. The second-order valence-corrected chi connectivity index (χ2v) is 6.93. The van der Waals surface area contributed by atoms with Crippen LogP contribution in [0.25, 0.3) is 0 Å². The first-order chi connectivity index (χ1) is 7.56. The van der Waals surface area contributed by atoms with Gasteiger partial charge in [0.05, 0.1) is 11.2 Å². The minimum Gasteiger partial charge on any atom is -0.481 e. The third-order valence-corrected chi connectivity index (χ3v) is 4.45. The van der Waals surface area contributed by atoms with E-state index < -0.39 is 26.6 Å². The fourth-order valence-electron chi connectivity index (χ4n) is 0.770. The Balaban J connectivity index is 4.05. The van der Waals surface area contributed by atoms with Crippen LogP contribution >= 0.6 is 0 Å². The predicted octanol–water partition coefficient (Wildman–Crippen LogP) is -0.416. The molecule has 2 amide bonds. The normalized spacial score (nSPS) is 11.9. The number of nitrogens with one attached hydrogen (secondary N) is 2. The van der Waals surface area contributed by atoms with Crippen molar-refractivity contribution in [3.05, 3.63) is 0 Å². The second-order valence-electron chi connectivity index (χ2n) is 4.29. The number of carboxylic acid groups (broad SMARTS) is 1. The van der Waals surface area contributed by atoms with Crippen molar-refractivity contribution in [2.45, 2.75) is 25.0 Å². The molecule has 0 radical (unpaired) electrons. The Hall–Kier alpha value is -1.31. The smallest absolute Gasteiger partial charge is 0.314 e. The van der Waals surface area contributed by atoms with Crippen LogP contribution in [0.4, 0.5) is 4.79 Å². The minimum atomic E-state index is -3.27. The van der Waals surface area contributed by atoms with E-state index in [0.717, 1.165) is 6.26 Å². The summed E-state index contributed by atoms with van der Waals surface area (Å²) in [7, 11) is -3.27. The largest absolute Gasteiger partial charge is 0.481 e. The van der Waals surface area contributed by atoms with Gasteiger partial charge in [-0.25, -0.2) is 13.2 Å². The molecule has 0 saturated carbocycles. The number of carbonyl (C=O) groups is 2. The van der Waals surface area contributed by atoms with E-state index >= 15 is 0 Å². The number of hydrogen-bond acceptors (Lipinski definition) is 4. The van der Waals surface area contributed by atoms with E-state index in [1.165, 1.54) is 13.8 Å². The molecule has 0 spiro atoms. The van der Waals surface area contributed by atoms with E-state index in [1.54, 1.807) is 0 Å². The van der Waals surface area contributed by atoms with Gasteiger partial charge in [0.25, 0.3) is 0 Å². The van der Waals surface area contributed by atoms with Crippen LogP contribution in [0, 0.1) is 0 Å². The highest BCUT2D eigenvalue weighted by molar-refractivity contribution is 7.92. The molecule has 100 valence electrons. The third-order valence-electron chi connectivity index (χ3n) is 2.30. The van der Waals surface area contributed by atoms with Gasteiger partial charge in [0.1, 0.15) is 0 Å². The Morgan fingerprint density at radius 1 is 1.24 bits per heavy atom. The Bertz CT molecular complexity index is 388. The lowest BCUT2D eigenvalue weighted by Gasteiger charge is -2.22. The molecule has 0 fully saturated rings. The highest BCUT2D eigenvalue weighted by Gasteiger charge is 2.30. The molecule has 0 aliphatic rings. The molecule has 0 heterocycles. The first-order valence-corrected chi connectivity index (χ1v) is 6.88. The molecule has 0 aromatic rings. The van der Waals surface area contributed by atoms with Gasteiger partial charge in [-0.1, -0.05) is 0 Å². The first kappa shape index (κ1) is 15.7. The van der Waals surface area contributed by atoms with Gasteiger partial charge in [0.2, 0.25) is 0 Å². The molecule has 0 aromatic heterocycles. The molecule has 7 nitrogen and oxygen atoms in total. The Kier molecular flexibility index (Phi) is 5.40. The molecule has 0 aromatic carbocycles. The SMILES string of the molecule is CC(C)(CNC(=O)NCCC(=O)O)S(C)(=O)=O. The number of carbonyl (C=O) groups excluding carboxylic acids is 1. The van der Waals surface area contributed by atoms with Crippen LogP contribution in [0.15, 0.2) is 0 Å². The molecule has 3 N–H and O–H groups in total. The molecule has 0 saturated heterocycles. The molecule has 17 heavy (non-hydrogen) atoms. The first-order valence-electron chi connectivity index (χ1n) is 4.99. The van der Waals surface area contributed by atoms with Gasteiger partial charge < -0.3 is 15.7 Å². The Labute approximate surface area is 101 Å². The maximum Gasteiger partial charge on any atom is 0.314 e. The highest BCUT2D eigenvalue weighted by Crippen LogP contribution is 2.12. The number of amides is 2. The van der Waals surface area contributed by atoms with Crippen LogP contribution in [0.1, 0.15) is 20.3 Å². The molecule has 0 aliphatic heterocycles. The van der Waals surface area contributed by atoms with Crippen molar-refractivity contribution in [3.8, 4) is 0 Å². The summed E-state index contributed by atoms with van der Waals surface area (Å²) in [4.78, 5) is 21.4. The average Bonchev–Trinajstić information content (AvgIpc) is 2.12. The topological polar surface area (TPSA) is 113 Å². The molecule has 0 unspecified atom stereocenters. The standard InChI is InChI=1S/C9H18N2O5S/c1-9(2,17(3,15)16)6-11-8(14)10-5-4-7(12)13/h4-6H2,1-3H3,(H,12,13)(H2,10,11,14). The van der Waals surface area contributed by atoms with Crippen LogP contribution in [-0.2, 0) is 14.6 Å². The molecule has 0 bridgehead atoms. The quantitative estimate of drug-likeness (QED) is 0.604.